The van der Waals surface area contributed by atoms with E-state index in [0.29, 0.717) is 18.5 Å². The van der Waals surface area contributed by atoms with Gasteiger partial charge in [-0.1, -0.05) is 0 Å². The minimum absolute atomic E-state index is 0.102. The number of aromatic nitrogens is 2. The summed E-state index contributed by atoms with van der Waals surface area (Å²) in [6.07, 6.45) is 0.180. The van der Waals surface area contributed by atoms with E-state index < -0.39 is 11.7 Å². The highest BCUT2D eigenvalue weighted by molar-refractivity contribution is 5.68. The van der Waals surface area contributed by atoms with Crippen LogP contribution in [0.3, 0.4) is 0 Å². The summed E-state index contributed by atoms with van der Waals surface area (Å²) in [5.74, 6) is 0. The highest BCUT2D eigenvalue weighted by atomic mass is 16.6. The Labute approximate surface area is 117 Å². The molecule has 0 spiro atoms. The van der Waals surface area contributed by atoms with E-state index in [1.807, 2.05) is 20.8 Å². The number of carbonyl (C=O) groups excluding carboxylic acids is 1. The highest BCUT2D eigenvalue weighted by Crippen LogP contribution is 2.17. The Bertz CT molecular complexity index is 553. The molecule has 0 saturated heterocycles. The van der Waals surface area contributed by atoms with E-state index in [9.17, 15) is 9.59 Å². The molecule has 0 saturated carbocycles. The first kappa shape index (κ1) is 14.6. The number of aliphatic hydroxyl groups is 1. The van der Waals surface area contributed by atoms with Crippen LogP contribution in [0.15, 0.2) is 4.79 Å². The first-order valence-electron chi connectivity index (χ1n) is 6.71. The van der Waals surface area contributed by atoms with Crippen molar-refractivity contribution in [2.45, 2.75) is 45.9 Å². The van der Waals surface area contributed by atoms with Crippen LogP contribution in [0.4, 0.5) is 4.79 Å². The van der Waals surface area contributed by atoms with Crippen molar-refractivity contribution in [3.63, 3.8) is 0 Å². The zero-order valence-corrected chi connectivity index (χ0v) is 12.1. The number of aliphatic hydroxyl groups excluding tert-OH is 1. The summed E-state index contributed by atoms with van der Waals surface area (Å²) >= 11 is 0. The Kier molecular flexibility index (Phi) is 3.89. The van der Waals surface area contributed by atoms with E-state index in [1.165, 1.54) is 9.58 Å². The molecule has 1 aromatic heterocycles. The van der Waals surface area contributed by atoms with Gasteiger partial charge in [0.15, 0.2) is 0 Å². The lowest BCUT2D eigenvalue weighted by Crippen LogP contribution is -2.41. The van der Waals surface area contributed by atoms with Crippen LogP contribution in [-0.4, -0.2) is 44.6 Å². The Balaban J connectivity index is 2.14. The lowest BCUT2D eigenvalue weighted by Gasteiger charge is -2.29. The second kappa shape index (κ2) is 5.32. The van der Waals surface area contributed by atoms with Crippen LogP contribution in [0.5, 0.6) is 0 Å². The van der Waals surface area contributed by atoms with Crippen molar-refractivity contribution < 1.29 is 14.6 Å². The van der Waals surface area contributed by atoms with E-state index in [0.717, 1.165) is 5.69 Å². The van der Waals surface area contributed by atoms with Gasteiger partial charge in [0.25, 0.3) is 5.56 Å². The normalized spacial score (nSPS) is 15.1. The van der Waals surface area contributed by atoms with E-state index in [2.05, 4.69) is 5.10 Å². The molecule has 20 heavy (non-hydrogen) atoms. The number of nitrogens with zero attached hydrogens (tertiary/aromatic N) is 2. The van der Waals surface area contributed by atoms with Crippen molar-refractivity contribution in [1.82, 2.24) is 14.7 Å². The number of amides is 1. The van der Waals surface area contributed by atoms with Gasteiger partial charge in [0, 0.05) is 18.7 Å². The third kappa shape index (κ3) is 3.04. The summed E-state index contributed by atoms with van der Waals surface area (Å²) in [6, 6.07) is 0. The molecule has 7 heteroatoms. The van der Waals surface area contributed by atoms with Gasteiger partial charge in [0.2, 0.25) is 0 Å². The van der Waals surface area contributed by atoms with Crippen molar-refractivity contribution in [3.8, 4) is 0 Å². The van der Waals surface area contributed by atoms with Gasteiger partial charge >= 0.3 is 6.09 Å². The van der Waals surface area contributed by atoms with Crippen molar-refractivity contribution in [2.24, 2.45) is 0 Å². The van der Waals surface area contributed by atoms with Gasteiger partial charge in [-0.15, -0.1) is 0 Å². The number of carbonyl (C=O) groups is 1. The second-order valence-corrected chi connectivity index (χ2v) is 5.90. The van der Waals surface area contributed by atoms with Crippen LogP contribution < -0.4 is 5.56 Å². The Morgan fingerprint density at radius 3 is 2.75 bits per heavy atom. The lowest BCUT2D eigenvalue weighted by atomic mass is 10.1. The van der Waals surface area contributed by atoms with E-state index in [-0.39, 0.29) is 25.3 Å². The first-order valence-corrected chi connectivity index (χ1v) is 6.71. The quantitative estimate of drug-likeness (QED) is 0.825. The third-order valence-electron chi connectivity index (χ3n) is 3.09. The topological polar surface area (TPSA) is 87.6 Å². The predicted octanol–water partition coefficient (Wildman–Crippen LogP) is 0.462. The maximum atomic E-state index is 12.1. The zero-order chi connectivity index (χ0) is 14.9. The molecule has 0 radical (unpaired) electrons. The fourth-order valence-corrected chi connectivity index (χ4v) is 2.20. The summed E-state index contributed by atoms with van der Waals surface area (Å²) in [5.41, 5.74) is 0.688. The molecular formula is C13H21N3O4. The molecule has 0 atom stereocenters. The number of ether oxygens (including phenoxy) is 1. The van der Waals surface area contributed by atoms with Gasteiger partial charge in [-0.2, -0.15) is 0 Å². The van der Waals surface area contributed by atoms with Gasteiger partial charge in [0.1, 0.15) is 5.60 Å². The molecule has 1 aliphatic rings. The summed E-state index contributed by atoms with van der Waals surface area (Å²) in [7, 11) is 0. The highest BCUT2D eigenvalue weighted by Gasteiger charge is 2.28. The molecule has 1 amide bonds. The average molecular weight is 283 g/mol. The van der Waals surface area contributed by atoms with Crippen molar-refractivity contribution in [1.29, 1.82) is 0 Å². The van der Waals surface area contributed by atoms with Crippen molar-refractivity contribution in [2.75, 3.05) is 13.2 Å². The molecule has 0 bridgehead atoms. The van der Waals surface area contributed by atoms with Crippen LogP contribution >= 0.6 is 0 Å². The summed E-state index contributed by atoms with van der Waals surface area (Å²) in [5, 5.41) is 11.9. The maximum absolute atomic E-state index is 12.1. The molecule has 112 valence electrons. The summed E-state index contributed by atoms with van der Waals surface area (Å²) in [4.78, 5) is 25.6. The van der Waals surface area contributed by atoms with E-state index in [4.69, 9.17) is 9.84 Å². The molecular weight excluding hydrogens is 262 g/mol. The minimum Gasteiger partial charge on any atom is -0.444 e. The van der Waals surface area contributed by atoms with Crippen LogP contribution in [0, 0.1) is 0 Å². The SMILES string of the molecule is CC(C)(C)OC(=O)N1CCc2[nH]n(CCO)c(=O)c2C1. The standard InChI is InChI=1S/C13H21N3O4/c1-13(2,3)20-12(19)15-5-4-10-9(8-15)11(18)16(14-10)6-7-17/h14,17H,4-8H2,1-3H3. The zero-order valence-electron chi connectivity index (χ0n) is 12.1. The van der Waals surface area contributed by atoms with Gasteiger partial charge in [-0.3, -0.25) is 14.6 Å². The molecule has 7 nitrogen and oxygen atoms in total. The molecule has 1 aliphatic heterocycles. The minimum atomic E-state index is -0.549. The predicted molar refractivity (Wildman–Crippen MR) is 72.5 cm³/mol. The molecule has 0 fully saturated rings. The number of aromatic amines is 1. The van der Waals surface area contributed by atoms with Crippen LogP contribution in [0.25, 0.3) is 0 Å². The van der Waals surface area contributed by atoms with Gasteiger partial charge < -0.3 is 14.7 Å². The number of H-pyrrole nitrogens is 1. The van der Waals surface area contributed by atoms with Gasteiger partial charge in [0.05, 0.1) is 25.3 Å². The lowest BCUT2D eigenvalue weighted by molar-refractivity contribution is 0.0223. The average Bonchev–Trinajstić information content (AvgIpc) is 2.65. The molecule has 2 heterocycles. The van der Waals surface area contributed by atoms with Crippen LogP contribution in [-0.2, 0) is 24.2 Å². The Hall–Kier alpha value is -1.76. The summed E-state index contributed by atoms with van der Waals surface area (Å²) < 4.78 is 6.69. The fourth-order valence-electron chi connectivity index (χ4n) is 2.20. The fraction of sp³-hybridized carbons (Fsp3) is 0.692. The number of nitrogens with one attached hydrogen (secondary N) is 1. The monoisotopic (exact) mass is 283 g/mol. The smallest absolute Gasteiger partial charge is 0.410 e. The maximum Gasteiger partial charge on any atom is 0.410 e. The van der Waals surface area contributed by atoms with Gasteiger partial charge in [-0.05, 0) is 20.8 Å². The third-order valence-corrected chi connectivity index (χ3v) is 3.09. The van der Waals surface area contributed by atoms with Crippen LogP contribution in [0.1, 0.15) is 32.0 Å². The molecule has 0 aliphatic carbocycles. The number of fused-ring (bicyclic) bond motifs is 1. The summed E-state index contributed by atoms with van der Waals surface area (Å²) in [6.45, 7) is 6.33. The van der Waals surface area contributed by atoms with Crippen molar-refractivity contribution in [3.05, 3.63) is 21.6 Å². The molecule has 0 aromatic carbocycles. The number of hydrogen-bond donors (Lipinski definition) is 2. The second-order valence-electron chi connectivity index (χ2n) is 5.90. The Morgan fingerprint density at radius 1 is 1.45 bits per heavy atom. The molecule has 1 aromatic rings. The molecule has 0 unspecified atom stereocenters. The number of hydrogen-bond acceptors (Lipinski definition) is 4. The Morgan fingerprint density at radius 2 is 2.15 bits per heavy atom. The molecule has 2 N–H and O–H groups in total. The first-order chi connectivity index (χ1) is 9.31. The van der Waals surface area contributed by atoms with Gasteiger partial charge in [-0.25, -0.2) is 4.79 Å². The van der Waals surface area contributed by atoms with E-state index >= 15 is 0 Å². The van der Waals surface area contributed by atoms with E-state index in [1.54, 1.807) is 0 Å². The number of rotatable bonds is 2. The van der Waals surface area contributed by atoms with Crippen LogP contribution in [0.2, 0.25) is 0 Å². The van der Waals surface area contributed by atoms with Crippen molar-refractivity contribution >= 4 is 6.09 Å². The molecule has 2 rings (SSSR count). The largest absolute Gasteiger partial charge is 0.444 e.